The third-order valence-electron chi connectivity index (χ3n) is 3.76. The molecule has 2 heterocycles. The fourth-order valence-electron chi connectivity index (χ4n) is 2.87. The Morgan fingerprint density at radius 2 is 2.10 bits per heavy atom. The monoisotopic (exact) mass is 307 g/mol. The molecule has 0 amide bonds. The largest absolute Gasteiger partial charge is 0.462 e. The first-order chi connectivity index (χ1) is 9.95. The van der Waals surface area contributed by atoms with Gasteiger partial charge in [-0.3, -0.25) is 4.31 Å². The van der Waals surface area contributed by atoms with Crippen LogP contribution in [0.15, 0.2) is 39.6 Å². The van der Waals surface area contributed by atoms with E-state index in [-0.39, 0.29) is 23.3 Å². The summed E-state index contributed by atoms with van der Waals surface area (Å²) < 4.78 is 32.6. The Morgan fingerprint density at radius 1 is 1.38 bits per heavy atom. The lowest BCUT2D eigenvalue weighted by Crippen LogP contribution is -2.35. The molecule has 0 saturated heterocycles. The summed E-state index contributed by atoms with van der Waals surface area (Å²) in [6, 6.07) is 8.77. The maximum absolute atomic E-state index is 12.9. The first kappa shape index (κ1) is 14.2. The van der Waals surface area contributed by atoms with Crippen LogP contribution in [-0.4, -0.2) is 19.6 Å². The van der Waals surface area contributed by atoms with Crippen LogP contribution in [0.1, 0.15) is 24.0 Å². The molecule has 1 atom stereocenters. The van der Waals surface area contributed by atoms with Crippen LogP contribution in [0.2, 0.25) is 0 Å². The molecule has 6 heteroatoms. The number of hydrogen-bond acceptors (Lipinski definition) is 4. The minimum Gasteiger partial charge on any atom is -0.462 e. The van der Waals surface area contributed by atoms with Crippen LogP contribution in [0.5, 0.6) is 0 Å². The number of sulfonamides is 1. The summed E-state index contributed by atoms with van der Waals surface area (Å²) in [5, 5.41) is 9.11. The zero-order valence-electron chi connectivity index (χ0n) is 11.9. The molecule has 2 aromatic rings. The summed E-state index contributed by atoms with van der Waals surface area (Å²) in [6.45, 7) is 3.17. The second-order valence-corrected chi connectivity index (χ2v) is 7.06. The molecule has 0 fully saturated rings. The van der Waals surface area contributed by atoms with Crippen molar-refractivity contribution in [3.63, 3.8) is 0 Å². The van der Waals surface area contributed by atoms with Crippen molar-refractivity contribution in [2.24, 2.45) is 0 Å². The second-order valence-electron chi connectivity index (χ2n) is 5.27. The van der Waals surface area contributed by atoms with Crippen LogP contribution >= 0.6 is 0 Å². The van der Waals surface area contributed by atoms with Crippen molar-refractivity contribution in [3.05, 3.63) is 47.4 Å². The van der Waals surface area contributed by atoms with E-state index in [2.05, 4.69) is 0 Å². The van der Waals surface area contributed by atoms with Crippen LogP contribution in [0, 0.1) is 6.92 Å². The van der Waals surface area contributed by atoms with E-state index in [0.717, 1.165) is 11.3 Å². The van der Waals surface area contributed by atoms with Crippen LogP contribution < -0.4 is 4.31 Å². The van der Waals surface area contributed by atoms with E-state index in [1.54, 1.807) is 6.92 Å². The van der Waals surface area contributed by atoms with E-state index in [1.165, 1.54) is 10.4 Å². The van der Waals surface area contributed by atoms with Crippen LogP contribution in [0.4, 0.5) is 5.69 Å². The molecule has 0 aliphatic carbocycles. The molecular weight excluding hydrogens is 290 g/mol. The Kier molecular flexibility index (Phi) is 3.30. The molecule has 3 rings (SSSR count). The van der Waals surface area contributed by atoms with E-state index in [0.29, 0.717) is 12.2 Å². The van der Waals surface area contributed by atoms with Gasteiger partial charge in [0.1, 0.15) is 23.0 Å². The lowest BCUT2D eigenvalue weighted by molar-refractivity contribution is 0.244. The summed E-state index contributed by atoms with van der Waals surface area (Å²) in [7, 11) is -3.69. The highest BCUT2D eigenvalue weighted by molar-refractivity contribution is 7.93. The smallest absolute Gasteiger partial charge is 0.268 e. The number of aliphatic hydroxyl groups excluding tert-OH is 1. The molecule has 0 bridgehead atoms. The Labute approximate surface area is 123 Å². The summed E-state index contributed by atoms with van der Waals surface area (Å²) in [5.41, 5.74) is 1.74. The maximum Gasteiger partial charge on any atom is 0.268 e. The average Bonchev–Trinajstić information content (AvgIpc) is 2.98. The van der Waals surface area contributed by atoms with E-state index >= 15 is 0 Å². The number of fused-ring (bicyclic) bond motifs is 1. The number of aliphatic hydroxyl groups is 1. The lowest BCUT2D eigenvalue weighted by Gasteiger charge is -2.24. The fourth-order valence-corrected chi connectivity index (χ4v) is 4.75. The van der Waals surface area contributed by atoms with Gasteiger partial charge in [0.15, 0.2) is 0 Å². The summed E-state index contributed by atoms with van der Waals surface area (Å²) in [5.74, 6) is 0.557. The minimum absolute atomic E-state index is 0.120. The van der Waals surface area contributed by atoms with Crippen LogP contribution in [0.3, 0.4) is 0 Å². The number of nitrogens with zero attached hydrogens (tertiary/aromatic N) is 1. The van der Waals surface area contributed by atoms with Crippen molar-refractivity contribution in [3.8, 4) is 0 Å². The Morgan fingerprint density at radius 3 is 2.76 bits per heavy atom. The minimum atomic E-state index is -3.69. The molecule has 1 aliphatic heterocycles. The number of aryl methyl sites for hydroxylation is 1. The first-order valence-corrected chi connectivity index (χ1v) is 8.21. The van der Waals surface area contributed by atoms with E-state index in [4.69, 9.17) is 9.52 Å². The summed E-state index contributed by atoms with van der Waals surface area (Å²) in [4.78, 5) is 0.120. The van der Waals surface area contributed by atoms with Crippen molar-refractivity contribution in [1.29, 1.82) is 0 Å². The number of rotatable bonds is 3. The first-order valence-electron chi connectivity index (χ1n) is 6.77. The van der Waals surface area contributed by atoms with Gasteiger partial charge in [-0.2, -0.15) is 0 Å². The van der Waals surface area contributed by atoms with Gasteiger partial charge in [0.2, 0.25) is 0 Å². The molecule has 1 unspecified atom stereocenters. The molecule has 1 aliphatic rings. The third kappa shape index (κ3) is 2.15. The highest BCUT2D eigenvalue weighted by Crippen LogP contribution is 2.37. The predicted octanol–water partition coefficient (Wildman–Crippen LogP) is 2.22. The molecule has 1 aromatic carbocycles. The van der Waals surface area contributed by atoms with Gasteiger partial charge in [0.25, 0.3) is 10.0 Å². The van der Waals surface area contributed by atoms with Crippen molar-refractivity contribution >= 4 is 15.7 Å². The van der Waals surface area contributed by atoms with Crippen molar-refractivity contribution in [2.75, 3.05) is 4.31 Å². The molecule has 0 spiro atoms. The molecule has 1 aromatic heterocycles. The summed E-state index contributed by atoms with van der Waals surface area (Å²) >= 11 is 0. The molecule has 112 valence electrons. The number of anilines is 1. The number of furan rings is 1. The summed E-state index contributed by atoms with van der Waals surface area (Å²) in [6.07, 6.45) is 0.694. The third-order valence-corrected chi connectivity index (χ3v) is 5.80. The zero-order chi connectivity index (χ0) is 15.2. The normalized spacial score (nSPS) is 18.0. The fraction of sp³-hybridized carbons (Fsp3) is 0.333. The van der Waals surface area contributed by atoms with Crippen molar-refractivity contribution in [1.82, 2.24) is 0 Å². The average molecular weight is 307 g/mol. The van der Waals surface area contributed by atoms with Gasteiger partial charge in [-0.15, -0.1) is 0 Å². The Balaban J connectivity index is 2.12. The highest BCUT2D eigenvalue weighted by Gasteiger charge is 2.37. The van der Waals surface area contributed by atoms with Crippen LogP contribution in [0.25, 0.3) is 0 Å². The highest BCUT2D eigenvalue weighted by atomic mass is 32.2. The van der Waals surface area contributed by atoms with Gasteiger partial charge in [0, 0.05) is 12.1 Å². The number of para-hydroxylation sites is 1. The molecular formula is C15H17NO4S. The Bertz CT molecular complexity index is 779. The second kappa shape index (κ2) is 4.89. The van der Waals surface area contributed by atoms with Gasteiger partial charge < -0.3 is 9.52 Å². The maximum atomic E-state index is 12.9. The van der Waals surface area contributed by atoms with Gasteiger partial charge in [-0.05, 0) is 31.9 Å². The van der Waals surface area contributed by atoms with Crippen molar-refractivity contribution in [2.45, 2.75) is 37.8 Å². The van der Waals surface area contributed by atoms with Crippen LogP contribution in [-0.2, 0) is 23.1 Å². The topological polar surface area (TPSA) is 70.8 Å². The van der Waals surface area contributed by atoms with E-state index < -0.39 is 10.0 Å². The van der Waals surface area contributed by atoms with Gasteiger partial charge in [-0.1, -0.05) is 18.2 Å². The van der Waals surface area contributed by atoms with E-state index in [9.17, 15) is 8.42 Å². The van der Waals surface area contributed by atoms with Gasteiger partial charge in [-0.25, -0.2) is 8.42 Å². The Hall–Kier alpha value is -1.79. The number of benzene rings is 1. The van der Waals surface area contributed by atoms with Crippen molar-refractivity contribution < 1.29 is 17.9 Å². The lowest BCUT2D eigenvalue weighted by atomic mass is 10.1. The molecule has 5 nitrogen and oxygen atoms in total. The van der Waals surface area contributed by atoms with Gasteiger partial charge in [0.05, 0.1) is 5.69 Å². The molecule has 0 saturated carbocycles. The molecule has 1 N–H and O–H groups in total. The SMILES string of the molecule is Cc1oc(CO)cc1S(=O)(=O)N1c2ccccc2CC1C. The number of hydrogen-bond donors (Lipinski definition) is 1. The zero-order valence-corrected chi connectivity index (χ0v) is 12.7. The predicted molar refractivity (Wildman–Crippen MR) is 78.6 cm³/mol. The van der Waals surface area contributed by atoms with E-state index in [1.807, 2.05) is 31.2 Å². The quantitative estimate of drug-likeness (QED) is 0.944. The van der Waals surface area contributed by atoms with Gasteiger partial charge >= 0.3 is 0 Å². The standard InChI is InChI=1S/C15H17NO4S/c1-10-7-12-5-3-4-6-14(12)16(10)21(18,19)15-8-13(9-17)20-11(15)2/h3-6,8,10,17H,7,9H2,1-2H3. The molecule has 21 heavy (non-hydrogen) atoms. The molecule has 0 radical (unpaired) electrons.